The zero-order valence-electron chi connectivity index (χ0n) is 23.4. The van der Waals surface area contributed by atoms with Crippen LogP contribution in [0.2, 0.25) is 0 Å². The number of para-hydroxylation sites is 2. The van der Waals surface area contributed by atoms with Crippen LogP contribution in [0.1, 0.15) is 34.5 Å². The van der Waals surface area contributed by atoms with Crippen molar-refractivity contribution in [1.82, 2.24) is 9.78 Å². The number of hydrogen-bond donors (Lipinski definition) is 3. The van der Waals surface area contributed by atoms with Crippen LogP contribution in [0.3, 0.4) is 0 Å². The van der Waals surface area contributed by atoms with Crippen LogP contribution in [0.4, 0.5) is 17.2 Å². The summed E-state index contributed by atoms with van der Waals surface area (Å²) in [5.41, 5.74) is 4.08. The van der Waals surface area contributed by atoms with Gasteiger partial charge in [-0.3, -0.25) is 9.59 Å². The molecule has 0 radical (unpaired) electrons. The molecule has 1 aliphatic rings. The van der Waals surface area contributed by atoms with E-state index in [1.54, 1.807) is 63.3 Å². The topological polar surface area (TPSA) is 116 Å². The summed E-state index contributed by atoms with van der Waals surface area (Å²) in [5, 5.41) is 13.8. The van der Waals surface area contributed by atoms with Crippen molar-refractivity contribution in [3.63, 3.8) is 0 Å². The first-order valence-electron chi connectivity index (χ1n) is 12.9. The van der Waals surface area contributed by atoms with Gasteiger partial charge in [0.15, 0.2) is 0 Å². The van der Waals surface area contributed by atoms with Crippen molar-refractivity contribution in [1.29, 1.82) is 0 Å². The Morgan fingerprint density at radius 3 is 2.37 bits per heavy atom. The number of carbonyl (C=O) groups excluding carboxylic acids is 2. The number of carbonyl (C=O) groups is 2. The van der Waals surface area contributed by atoms with Crippen LogP contribution < -0.4 is 30.2 Å². The van der Waals surface area contributed by atoms with Gasteiger partial charge in [-0.25, -0.2) is 4.68 Å². The number of aromatic nitrogens is 2. The van der Waals surface area contributed by atoms with Crippen molar-refractivity contribution in [2.75, 3.05) is 37.3 Å². The van der Waals surface area contributed by atoms with Gasteiger partial charge in [0.1, 0.15) is 34.7 Å². The second-order valence-electron chi connectivity index (χ2n) is 9.50. The van der Waals surface area contributed by atoms with E-state index < -0.39 is 6.04 Å². The van der Waals surface area contributed by atoms with E-state index in [-0.39, 0.29) is 11.8 Å². The minimum atomic E-state index is -0.758. The molecule has 0 bridgehead atoms. The number of rotatable bonds is 8. The van der Waals surface area contributed by atoms with E-state index in [9.17, 15) is 9.59 Å². The van der Waals surface area contributed by atoms with Crippen molar-refractivity contribution in [3.05, 3.63) is 101 Å². The van der Waals surface area contributed by atoms with Crippen LogP contribution in [0.25, 0.3) is 0 Å². The Hall–Kier alpha value is -5.25. The van der Waals surface area contributed by atoms with Crippen molar-refractivity contribution in [3.8, 4) is 17.2 Å². The highest BCUT2D eigenvalue weighted by Gasteiger charge is 2.37. The minimum absolute atomic E-state index is 0.321. The van der Waals surface area contributed by atoms with Gasteiger partial charge in [0.25, 0.3) is 11.8 Å². The van der Waals surface area contributed by atoms with Gasteiger partial charge in [-0.05, 0) is 61.9 Å². The molecule has 1 aliphatic heterocycles. The first-order chi connectivity index (χ1) is 19.8. The average molecular weight is 554 g/mol. The number of aryl methyl sites for hydroxylation is 1. The molecule has 0 aliphatic carbocycles. The predicted molar refractivity (Wildman–Crippen MR) is 157 cm³/mol. The van der Waals surface area contributed by atoms with Crippen LogP contribution in [0, 0.1) is 6.92 Å². The largest absolute Gasteiger partial charge is 0.497 e. The van der Waals surface area contributed by atoms with Gasteiger partial charge in [-0.1, -0.05) is 24.3 Å². The van der Waals surface area contributed by atoms with Crippen LogP contribution in [-0.4, -0.2) is 42.9 Å². The van der Waals surface area contributed by atoms with Crippen LogP contribution in [0.15, 0.2) is 84.2 Å². The molecule has 1 atom stereocenters. The molecule has 0 fully saturated rings. The van der Waals surface area contributed by atoms with Crippen LogP contribution in [0.5, 0.6) is 17.2 Å². The van der Waals surface area contributed by atoms with E-state index in [2.05, 4.69) is 21.0 Å². The molecule has 5 rings (SSSR count). The number of fused-ring (bicyclic) bond motifs is 1. The molecule has 0 spiro atoms. The molecule has 10 heteroatoms. The quantitative estimate of drug-likeness (QED) is 0.268. The zero-order valence-corrected chi connectivity index (χ0v) is 23.4. The van der Waals surface area contributed by atoms with E-state index in [0.717, 1.165) is 5.56 Å². The summed E-state index contributed by atoms with van der Waals surface area (Å²) in [4.78, 5) is 27.4. The Balaban J connectivity index is 1.61. The summed E-state index contributed by atoms with van der Waals surface area (Å²) in [6.45, 7) is 3.74. The fraction of sp³-hybridized carbons (Fsp3) is 0.194. The predicted octanol–water partition coefficient (Wildman–Crippen LogP) is 5.40. The lowest BCUT2D eigenvalue weighted by atomic mass is 9.93. The molecule has 0 saturated carbocycles. The Bertz CT molecular complexity index is 1660. The van der Waals surface area contributed by atoms with Gasteiger partial charge in [0, 0.05) is 16.9 Å². The molecule has 0 unspecified atom stereocenters. The lowest BCUT2D eigenvalue weighted by Crippen LogP contribution is -2.32. The summed E-state index contributed by atoms with van der Waals surface area (Å²) in [7, 11) is 4.67. The molecule has 3 N–H and O–H groups in total. The van der Waals surface area contributed by atoms with Gasteiger partial charge in [0.05, 0.1) is 38.8 Å². The van der Waals surface area contributed by atoms with Crippen molar-refractivity contribution in [2.24, 2.45) is 0 Å². The van der Waals surface area contributed by atoms with Gasteiger partial charge < -0.3 is 30.2 Å². The number of ether oxygens (including phenoxy) is 3. The molecule has 210 valence electrons. The maximum atomic E-state index is 14.0. The third kappa shape index (κ3) is 5.31. The van der Waals surface area contributed by atoms with E-state index in [1.807, 2.05) is 43.3 Å². The number of hydrogen-bond acceptors (Lipinski definition) is 7. The Morgan fingerprint density at radius 1 is 0.854 bits per heavy atom. The monoisotopic (exact) mass is 553 g/mol. The number of amides is 2. The van der Waals surface area contributed by atoms with E-state index in [4.69, 9.17) is 14.2 Å². The fourth-order valence-electron chi connectivity index (χ4n) is 4.91. The number of methoxy groups -OCH3 is 3. The second kappa shape index (κ2) is 11.5. The minimum Gasteiger partial charge on any atom is -0.497 e. The lowest BCUT2D eigenvalue weighted by Gasteiger charge is -2.31. The number of benzene rings is 3. The zero-order chi connectivity index (χ0) is 29.1. The first-order valence-corrected chi connectivity index (χ1v) is 12.9. The lowest BCUT2D eigenvalue weighted by molar-refractivity contribution is -0.113. The highest BCUT2D eigenvalue weighted by Crippen LogP contribution is 2.42. The molecule has 10 nitrogen and oxygen atoms in total. The summed E-state index contributed by atoms with van der Waals surface area (Å²) >= 11 is 0. The van der Waals surface area contributed by atoms with Gasteiger partial charge in [-0.15, -0.1) is 0 Å². The first kappa shape index (κ1) is 27.3. The molecular weight excluding hydrogens is 522 g/mol. The molecule has 0 saturated heterocycles. The fourth-order valence-corrected chi connectivity index (χ4v) is 4.91. The maximum Gasteiger partial charge on any atom is 0.261 e. The third-order valence-corrected chi connectivity index (χ3v) is 6.88. The van der Waals surface area contributed by atoms with Crippen molar-refractivity contribution < 1.29 is 23.8 Å². The SMILES string of the molecule is COc1ccc(OC)c([C@@H]2C(C(=O)Nc3ccccc3OC)=C(C)Nc3c(C(=O)Nc4cccc(C)c4)cnn32)c1. The summed E-state index contributed by atoms with van der Waals surface area (Å²) in [6.07, 6.45) is 1.49. The maximum absolute atomic E-state index is 14.0. The van der Waals surface area contributed by atoms with Gasteiger partial charge in [0.2, 0.25) is 0 Å². The van der Waals surface area contributed by atoms with Crippen molar-refractivity contribution in [2.45, 2.75) is 19.9 Å². The normalized spacial score (nSPS) is 14.0. The number of allylic oxidation sites excluding steroid dienone is 1. The van der Waals surface area contributed by atoms with E-state index in [0.29, 0.717) is 56.8 Å². The van der Waals surface area contributed by atoms with E-state index in [1.165, 1.54) is 6.20 Å². The highest BCUT2D eigenvalue weighted by molar-refractivity contribution is 6.10. The molecule has 2 amide bonds. The van der Waals surface area contributed by atoms with Crippen molar-refractivity contribution >= 4 is 29.0 Å². The number of nitrogens with one attached hydrogen (secondary N) is 3. The average Bonchev–Trinajstić information content (AvgIpc) is 3.39. The molecular formula is C31H31N5O5. The van der Waals surface area contributed by atoms with Gasteiger partial charge in [-0.2, -0.15) is 5.10 Å². The van der Waals surface area contributed by atoms with E-state index >= 15 is 0 Å². The van der Waals surface area contributed by atoms with Gasteiger partial charge >= 0.3 is 0 Å². The second-order valence-corrected chi connectivity index (χ2v) is 9.50. The third-order valence-electron chi connectivity index (χ3n) is 6.88. The summed E-state index contributed by atoms with van der Waals surface area (Å²) < 4.78 is 18.3. The van der Waals surface area contributed by atoms with Crippen LogP contribution >= 0.6 is 0 Å². The Kier molecular flexibility index (Phi) is 7.64. The summed E-state index contributed by atoms with van der Waals surface area (Å²) in [6, 6.07) is 19.3. The molecule has 41 heavy (non-hydrogen) atoms. The summed E-state index contributed by atoms with van der Waals surface area (Å²) in [5.74, 6) is 1.36. The van der Waals surface area contributed by atoms with Crippen LogP contribution in [-0.2, 0) is 4.79 Å². The standard InChI is InChI=1S/C31H31N5O5/c1-18-9-8-10-20(15-18)34-30(37)23-17-32-36-28(22-16-21(39-3)13-14-25(22)40-4)27(19(2)33-29(23)36)31(38)35-24-11-6-7-12-26(24)41-5/h6-17,28,33H,1-5H3,(H,34,37)(H,35,38)/t28-/m1/s1. The molecule has 3 aromatic carbocycles. The Labute approximate surface area is 237 Å². The molecule has 4 aromatic rings. The molecule has 1 aromatic heterocycles. The highest BCUT2D eigenvalue weighted by atomic mass is 16.5. The Morgan fingerprint density at radius 2 is 1.63 bits per heavy atom. The number of anilines is 3. The molecule has 2 heterocycles. The number of nitrogens with zero attached hydrogens (tertiary/aromatic N) is 2. The smallest absolute Gasteiger partial charge is 0.261 e.